The molecule has 98 valence electrons. The Morgan fingerprint density at radius 2 is 1.79 bits per heavy atom. The van der Waals surface area contributed by atoms with E-state index in [0.717, 1.165) is 0 Å². The molecular weight excluding hydrogens is 312 g/mol. The average Bonchev–Trinajstić information content (AvgIpc) is 2.85. The summed E-state index contributed by atoms with van der Waals surface area (Å²) in [6, 6.07) is 8.17. The van der Waals surface area contributed by atoms with Gasteiger partial charge in [-0.05, 0) is 46.3 Å². The van der Waals surface area contributed by atoms with Crippen LogP contribution < -0.4 is 10.6 Å². The van der Waals surface area contributed by atoms with Gasteiger partial charge in [-0.25, -0.2) is 0 Å². The summed E-state index contributed by atoms with van der Waals surface area (Å²) in [7, 11) is 1.56. The minimum absolute atomic E-state index is 0.171. The van der Waals surface area contributed by atoms with Crippen molar-refractivity contribution in [3.8, 4) is 0 Å². The summed E-state index contributed by atoms with van der Waals surface area (Å²) in [5, 5.41) is 5.24. The maximum absolute atomic E-state index is 11.9. The summed E-state index contributed by atoms with van der Waals surface area (Å²) in [4.78, 5) is 23.3. The molecule has 0 unspecified atom stereocenters. The predicted octanol–water partition coefficient (Wildman–Crippen LogP) is 2.65. The summed E-state index contributed by atoms with van der Waals surface area (Å²) in [6.07, 6.45) is 1.42. The van der Waals surface area contributed by atoms with E-state index in [1.54, 1.807) is 37.4 Å². The Balaban J connectivity index is 2.10. The van der Waals surface area contributed by atoms with Crippen LogP contribution in [0, 0.1) is 0 Å². The first kappa shape index (κ1) is 13.4. The van der Waals surface area contributed by atoms with Gasteiger partial charge in [-0.15, -0.1) is 0 Å². The van der Waals surface area contributed by atoms with Gasteiger partial charge < -0.3 is 15.1 Å². The molecule has 6 heteroatoms. The standard InChI is InChI=1S/C13H11BrN2O3/c1-15-12(17)8-2-4-9(5-3-8)16-13(18)10-6-7-19-11(10)14/h2-7H,1H3,(H,15,17)(H,16,18). The van der Waals surface area contributed by atoms with Crippen molar-refractivity contribution in [2.45, 2.75) is 0 Å². The van der Waals surface area contributed by atoms with Crippen molar-refractivity contribution in [2.24, 2.45) is 0 Å². The summed E-state index contributed by atoms with van der Waals surface area (Å²) in [5.74, 6) is -0.455. The molecule has 0 saturated heterocycles. The lowest BCUT2D eigenvalue weighted by molar-refractivity contribution is 0.0962. The molecule has 5 nitrogen and oxygen atoms in total. The third kappa shape index (κ3) is 3.03. The van der Waals surface area contributed by atoms with Crippen molar-refractivity contribution < 1.29 is 14.0 Å². The van der Waals surface area contributed by atoms with Gasteiger partial charge in [0.1, 0.15) is 0 Å². The Bertz CT molecular complexity index is 605. The highest BCUT2D eigenvalue weighted by Gasteiger charge is 2.12. The summed E-state index contributed by atoms with van der Waals surface area (Å²) in [6.45, 7) is 0. The smallest absolute Gasteiger partial charge is 0.260 e. The number of halogens is 1. The number of rotatable bonds is 3. The first-order chi connectivity index (χ1) is 9.11. The minimum Gasteiger partial charge on any atom is -0.457 e. The van der Waals surface area contributed by atoms with E-state index in [4.69, 9.17) is 4.42 Å². The van der Waals surface area contributed by atoms with Gasteiger partial charge in [0.05, 0.1) is 11.8 Å². The van der Waals surface area contributed by atoms with Gasteiger partial charge in [-0.3, -0.25) is 9.59 Å². The van der Waals surface area contributed by atoms with E-state index in [0.29, 0.717) is 21.5 Å². The molecule has 0 spiro atoms. The summed E-state index contributed by atoms with van der Waals surface area (Å²) in [5.41, 5.74) is 1.55. The van der Waals surface area contributed by atoms with E-state index >= 15 is 0 Å². The highest BCUT2D eigenvalue weighted by molar-refractivity contribution is 9.10. The molecule has 0 aliphatic heterocycles. The van der Waals surface area contributed by atoms with Gasteiger partial charge in [-0.2, -0.15) is 0 Å². The zero-order valence-electron chi connectivity index (χ0n) is 10.1. The van der Waals surface area contributed by atoms with Crippen LogP contribution in [-0.4, -0.2) is 18.9 Å². The number of benzene rings is 1. The fraction of sp³-hybridized carbons (Fsp3) is 0.0769. The number of nitrogens with one attached hydrogen (secondary N) is 2. The molecule has 1 aromatic heterocycles. The molecule has 0 aliphatic carbocycles. The number of amides is 2. The normalized spacial score (nSPS) is 10.0. The molecule has 1 aromatic carbocycles. The molecular formula is C13H11BrN2O3. The topological polar surface area (TPSA) is 71.3 Å². The van der Waals surface area contributed by atoms with Crippen molar-refractivity contribution in [1.82, 2.24) is 5.32 Å². The minimum atomic E-state index is -0.284. The predicted molar refractivity (Wildman–Crippen MR) is 74.2 cm³/mol. The van der Waals surface area contributed by atoms with Crippen LogP contribution in [0.25, 0.3) is 0 Å². The quantitative estimate of drug-likeness (QED) is 0.912. The second-order valence-electron chi connectivity index (χ2n) is 3.72. The lowest BCUT2D eigenvalue weighted by Crippen LogP contribution is -2.17. The van der Waals surface area contributed by atoms with E-state index in [-0.39, 0.29) is 11.8 Å². The number of anilines is 1. The van der Waals surface area contributed by atoms with Gasteiger partial charge in [0.2, 0.25) is 0 Å². The Morgan fingerprint density at radius 3 is 2.32 bits per heavy atom. The van der Waals surface area contributed by atoms with Crippen LogP contribution in [0.5, 0.6) is 0 Å². The fourth-order valence-corrected chi connectivity index (χ4v) is 1.92. The van der Waals surface area contributed by atoms with E-state index in [1.165, 1.54) is 6.26 Å². The molecule has 0 fully saturated rings. The second-order valence-corrected chi connectivity index (χ2v) is 4.44. The van der Waals surface area contributed by atoms with Gasteiger partial charge >= 0.3 is 0 Å². The van der Waals surface area contributed by atoms with Crippen molar-refractivity contribution in [3.05, 3.63) is 52.4 Å². The van der Waals surface area contributed by atoms with Crippen molar-refractivity contribution in [1.29, 1.82) is 0 Å². The van der Waals surface area contributed by atoms with Crippen LogP contribution in [0.1, 0.15) is 20.7 Å². The molecule has 2 amide bonds. The van der Waals surface area contributed by atoms with Crippen LogP contribution in [0.4, 0.5) is 5.69 Å². The maximum atomic E-state index is 11.9. The second kappa shape index (κ2) is 5.71. The van der Waals surface area contributed by atoms with Crippen molar-refractivity contribution in [3.63, 3.8) is 0 Å². The monoisotopic (exact) mass is 322 g/mol. The molecule has 2 rings (SSSR count). The molecule has 2 aromatic rings. The van der Waals surface area contributed by atoms with Crippen molar-refractivity contribution >= 4 is 33.4 Å². The van der Waals surface area contributed by atoms with Gasteiger partial charge in [0, 0.05) is 18.3 Å². The van der Waals surface area contributed by atoms with E-state index in [2.05, 4.69) is 26.6 Å². The number of hydrogen-bond acceptors (Lipinski definition) is 3. The van der Waals surface area contributed by atoms with Crippen LogP contribution in [-0.2, 0) is 0 Å². The molecule has 2 N–H and O–H groups in total. The molecule has 0 saturated carbocycles. The molecule has 0 aliphatic rings. The molecule has 1 heterocycles. The maximum Gasteiger partial charge on any atom is 0.260 e. The molecule has 0 bridgehead atoms. The number of carbonyl (C=O) groups excluding carboxylic acids is 2. The third-order valence-corrected chi connectivity index (χ3v) is 3.11. The number of carbonyl (C=O) groups is 2. The first-order valence-corrected chi connectivity index (χ1v) is 6.27. The summed E-state index contributed by atoms with van der Waals surface area (Å²) < 4.78 is 5.37. The number of furan rings is 1. The zero-order valence-corrected chi connectivity index (χ0v) is 11.7. The fourth-order valence-electron chi connectivity index (χ4n) is 1.50. The zero-order chi connectivity index (χ0) is 13.8. The number of hydrogen-bond donors (Lipinski definition) is 2. The Labute approximate surface area is 118 Å². The summed E-state index contributed by atoms with van der Waals surface area (Å²) >= 11 is 3.14. The lowest BCUT2D eigenvalue weighted by Gasteiger charge is -2.05. The van der Waals surface area contributed by atoms with Crippen LogP contribution in [0.15, 0.2) is 45.7 Å². The molecule has 0 atom stereocenters. The largest absolute Gasteiger partial charge is 0.457 e. The average molecular weight is 323 g/mol. The van der Waals surface area contributed by atoms with Gasteiger partial charge in [0.25, 0.3) is 11.8 Å². The van der Waals surface area contributed by atoms with Crippen LogP contribution >= 0.6 is 15.9 Å². The molecule has 0 radical (unpaired) electrons. The Morgan fingerprint density at radius 1 is 1.11 bits per heavy atom. The van der Waals surface area contributed by atoms with E-state index < -0.39 is 0 Å². The van der Waals surface area contributed by atoms with Crippen molar-refractivity contribution in [2.75, 3.05) is 12.4 Å². The first-order valence-electron chi connectivity index (χ1n) is 5.48. The van der Waals surface area contributed by atoms with Crippen LogP contribution in [0.3, 0.4) is 0 Å². The lowest BCUT2D eigenvalue weighted by atomic mass is 10.2. The van der Waals surface area contributed by atoms with Gasteiger partial charge in [-0.1, -0.05) is 0 Å². The highest BCUT2D eigenvalue weighted by atomic mass is 79.9. The van der Waals surface area contributed by atoms with Gasteiger partial charge in [0.15, 0.2) is 4.67 Å². The Kier molecular flexibility index (Phi) is 4.01. The van der Waals surface area contributed by atoms with E-state index in [9.17, 15) is 9.59 Å². The van der Waals surface area contributed by atoms with E-state index in [1.807, 2.05) is 0 Å². The highest BCUT2D eigenvalue weighted by Crippen LogP contribution is 2.19. The SMILES string of the molecule is CNC(=O)c1ccc(NC(=O)c2ccoc2Br)cc1. The van der Waals surface area contributed by atoms with Crippen LogP contribution in [0.2, 0.25) is 0 Å². The third-order valence-electron chi connectivity index (χ3n) is 2.49. The Hall–Kier alpha value is -2.08. The molecule has 19 heavy (non-hydrogen) atoms.